The van der Waals surface area contributed by atoms with Crippen molar-refractivity contribution in [1.82, 2.24) is 0 Å². The van der Waals surface area contributed by atoms with Gasteiger partial charge >= 0.3 is 0 Å². The maximum Gasteiger partial charge on any atom is 0.130 e. The molecule has 3 heteroatoms. The van der Waals surface area contributed by atoms with Crippen LogP contribution >= 0.6 is 7.92 Å². The maximum atomic E-state index is 6.31. The number of rotatable bonds is 10. The quantitative estimate of drug-likeness (QED) is 0.326. The molecule has 4 rings (SSSR count). The summed E-state index contributed by atoms with van der Waals surface area (Å²) in [7, 11) is -0.198. The van der Waals surface area contributed by atoms with Crippen LogP contribution in [0.3, 0.4) is 0 Å². The van der Waals surface area contributed by atoms with Crippen LogP contribution in [-0.4, -0.2) is 24.5 Å². The second-order valence-electron chi connectivity index (χ2n) is 9.83. The van der Waals surface area contributed by atoms with Crippen molar-refractivity contribution < 1.29 is 9.47 Å². The van der Waals surface area contributed by atoms with Gasteiger partial charge in [0.25, 0.3) is 0 Å². The zero-order valence-electron chi connectivity index (χ0n) is 20.9. The van der Waals surface area contributed by atoms with Crippen LogP contribution in [0.25, 0.3) is 11.1 Å². The SMILES string of the molecule is CCCOc1cccc(OCCC)c1-c1ccccc1P(C1CCCCC1)C1CCCCC1. The van der Waals surface area contributed by atoms with Crippen molar-refractivity contribution in [2.24, 2.45) is 0 Å². The molecule has 2 fully saturated rings. The summed E-state index contributed by atoms with van der Waals surface area (Å²) in [4.78, 5) is 0. The molecule has 2 aromatic rings. The van der Waals surface area contributed by atoms with Gasteiger partial charge in [-0.05, 0) is 72.8 Å². The summed E-state index contributed by atoms with van der Waals surface area (Å²) >= 11 is 0. The number of hydrogen-bond acceptors (Lipinski definition) is 2. The van der Waals surface area contributed by atoms with Crippen molar-refractivity contribution in [2.45, 2.75) is 102 Å². The van der Waals surface area contributed by atoms with Crippen molar-refractivity contribution in [1.29, 1.82) is 0 Å². The molecule has 2 aromatic carbocycles. The Kier molecular flexibility index (Phi) is 9.54. The Morgan fingerprint density at radius 1 is 0.667 bits per heavy atom. The average Bonchev–Trinajstić information content (AvgIpc) is 2.88. The molecule has 0 N–H and O–H groups in total. The van der Waals surface area contributed by atoms with E-state index in [1.54, 1.807) is 5.30 Å². The van der Waals surface area contributed by atoms with E-state index in [0.717, 1.165) is 48.9 Å². The highest BCUT2D eigenvalue weighted by Gasteiger charge is 2.34. The molecule has 0 unspecified atom stereocenters. The summed E-state index contributed by atoms with van der Waals surface area (Å²) in [5, 5.41) is 1.61. The second kappa shape index (κ2) is 12.8. The molecule has 180 valence electrons. The molecule has 33 heavy (non-hydrogen) atoms. The van der Waals surface area contributed by atoms with Gasteiger partial charge in [-0.15, -0.1) is 0 Å². The van der Waals surface area contributed by atoms with E-state index in [4.69, 9.17) is 9.47 Å². The zero-order chi connectivity index (χ0) is 22.9. The molecule has 2 saturated carbocycles. The molecule has 2 aliphatic carbocycles. The van der Waals surface area contributed by atoms with E-state index in [2.05, 4.69) is 56.3 Å². The van der Waals surface area contributed by atoms with Gasteiger partial charge in [0.05, 0.1) is 18.8 Å². The highest BCUT2D eigenvalue weighted by molar-refractivity contribution is 7.67. The molecule has 0 aliphatic heterocycles. The van der Waals surface area contributed by atoms with Crippen LogP contribution in [0, 0.1) is 0 Å². The molecule has 0 bridgehead atoms. The number of ether oxygens (including phenoxy) is 2. The van der Waals surface area contributed by atoms with Crippen LogP contribution in [0.4, 0.5) is 0 Å². The van der Waals surface area contributed by atoms with E-state index < -0.39 is 0 Å². The van der Waals surface area contributed by atoms with E-state index in [1.807, 2.05) is 0 Å². The maximum absolute atomic E-state index is 6.31. The Labute approximate surface area is 203 Å². The molecule has 0 amide bonds. The van der Waals surface area contributed by atoms with E-state index in [9.17, 15) is 0 Å². The van der Waals surface area contributed by atoms with Crippen LogP contribution in [0.2, 0.25) is 0 Å². The molecule has 2 nitrogen and oxygen atoms in total. The standard InChI is InChI=1S/C30H43O2P/c1-3-22-31-27-19-13-20-28(32-23-4-2)30(27)26-18-11-12-21-29(26)33(24-14-7-5-8-15-24)25-16-9-6-10-17-25/h11-13,18-21,24-25H,3-10,14-17,22-23H2,1-2H3. The van der Waals surface area contributed by atoms with E-state index >= 15 is 0 Å². The Hall–Kier alpha value is -1.53. The fourth-order valence-corrected chi connectivity index (χ4v) is 9.71. The molecular weight excluding hydrogens is 423 g/mol. The minimum absolute atomic E-state index is 0.198. The minimum Gasteiger partial charge on any atom is -0.493 e. The summed E-state index contributed by atoms with van der Waals surface area (Å²) in [5.74, 6) is 1.97. The first-order valence-corrected chi connectivity index (χ1v) is 15.1. The Morgan fingerprint density at radius 2 is 1.18 bits per heavy atom. The summed E-state index contributed by atoms with van der Waals surface area (Å²) < 4.78 is 12.6. The highest BCUT2D eigenvalue weighted by Crippen LogP contribution is 2.57. The second-order valence-corrected chi connectivity index (χ2v) is 12.6. The first-order valence-electron chi connectivity index (χ1n) is 13.6. The van der Waals surface area contributed by atoms with Crippen LogP contribution in [-0.2, 0) is 0 Å². The summed E-state index contributed by atoms with van der Waals surface area (Å²) in [6.45, 7) is 5.84. The number of hydrogen-bond donors (Lipinski definition) is 0. The fraction of sp³-hybridized carbons (Fsp3) is 0.600. The molecule has 2 aliphatic rings. The third kappa shape index (κ3) is 6.13. The molecule has 0 aromatic heterocycles. The van der Waals surface area contributed by atoms with Crippen LogP contribution in [0.5, 0.6) is 11.5 Å². The van der Waals surface area contributed by atoms with Gasteiger partial charge in [-0.25, -0.2) is 0 Å². The Bertz CT molecular complexity index is 808. The molecule has 0 heterocycles. The van der Waals surface area contributed by atoms with Crippen LogP contribution in [0.15, 0.2) is 42.5 Å². The van der Waals surface area contributed by atoms with Crippen LogP contribution < -0.4 is 14.8 Å². The van der Waals surface area contributed by atoms with Crippen molar-refractivity contribution in [3.8, 4) is 22.6 Å². The van der Waals surface area contributed by atoms with E-state index in [0.29, 0.717) is 0 Å². The van der Waals surface area contributed by atoms with Gasteiger partial charge in [-0.2, -0.15) is 0 Å². The van der Waals surface area contributed by atoms with Gasteiger partial charge in [-0.3, -0.25) is 0 Å². The molecule has 0 radical (unpaired) electrons. The Morgan fingerprint density at radius 3 is 1.70 bits per heavy atom. The van der Waals surface area contributed by atoms with Gasteiger partial charge in [0.15, 0.2) is 0 Å². The minimum atomic E-state index is -0.198. The first kappa shape index (κ1) is 24.6. The van der Waals surface area contributed by atoms with Crippen molar-refractivity contribution >= 4 is 13.2 Å². The van der Waals surface area contributed by atoms with Crippen LogP contribution in [0.1, 0.15) is 90.9 Å². The molecule has 0 saturated heterocycles. The predicted molar refractivity (Wildman–Crippen MR) is 144 cm³/mol. The monoisotopic (exact) mass is 466 g/mol. The van der Waals surface area contributed by atoms with Gasteiger partial charge < -0.3 is 9.47 Å². The first-order chi connectivity index (χ1) is 16.3. The molecule has 0 atom stereocenters. The van der Waals surface area contributed by atoms with Gasteiger partial charge in [0.1, 0.15) is 11.5 Å². The van der Waals surface area contributed by atoms with Crippen molar-refractivity contribution in [2.75, 3.05) is 13.2 Å². The molecule has 0 spiro atoms. The van der Waals surface area contributed by atoms with Crippen molar-refractivity contribution in [3.05, 3.63) is 42.5 Å². The normalized spacial score (nSPS) is 17.9. The predicted octanol–water partition coefficient (Wildman–Crippen LogP) is 8.70. The lowest BCUT2D eigenvalue weighted by Gasteiger charge is -2.39. The largest absolute Gasteiger partial charge is 0.493 e. The fourth-order valence-electron chi connectivity index (χ4n) is 5.76. The lowest BCUT2D eigenvalue weighted by Crippen LogP contribution is -2.27. The summed E-state index contributed by atoms with van der Waals surface area (Å²) in [6, 6.07) is 15.7. The van der Waals surface area contributed by atoms with Gasteiger partial charge in [-0.1, -0.05) is 90.6 Å². The summed E-state index contributed by atoms with van der Waals surface area (Å²) in [5.41, 5.74) is 4.31. The van der Waals surface area contributed by atoms with E-state index in [-0.39, 0.29) is 7.92 Å². The average molecular weight is 467 g/mol. The lowest BCUT2D eigenvalue weighted by atomic mass is 9.99. The number of benzene rings is 2. The molecular formula is C30H43O2P. The zero-order valence-corrected chi connectivity index (χ0v) is 21.8. The summed E-state index contributed by atoms with van der Waals surface area (Å²) in [6.07, 6.45) is 16.2. The third-order valence-corrected chi connectivity index (χ3v) is 10.9. The Balaban J connectivity index is 1.81. The van der Waals surface area contributed by atoms with Gasteiger partial charge in [0, 0.05) is 0 Å². The lowest BCUT2D eigenvalue weighted by molar-refractivity contribution is 0.304. The topological polar surface area (TPSA) is 18.5 Å². The third-order valence-electron chi connectivity index (χ3n) is 7.30. The smallest absolute Gasteiger partial charge is 0.130 e. The van der Waals surface area contributed by atoms with E-state index in [1.165, 1.54) is 75.3 Å². The van der Waals surface area contributed by atoms with Crippen molar-refractivity contribution in [3.63, 3.8) is 0 Å². The van der Waals surface area contributed by atoms with Gasteiger partial charge in [0.2, 0.25) is 0 Å². The highest BCUT2D eigenvalue weighted by atomic mass is 31.1.